The minimum absolute atomic E-state index is 0.00426. The second kappa shape index (κ2) is 9.29. The molecule has 0 saturated heterocycles. The fourth-order valence-corrected chi connectivity index (χ4v) is 4.73. The van der Waals surface area contributed by atoms with Crippen LogP contribution in [0.5, 0.6) is 23.0 Å². The van der Waals surface area contributed by atoms with Crippen LogP contribution in [0.15, 0.2) is 59.7 Å². The van der Waals surface area contributed by atoms with Crippen LogP contribution in [0.25, 0.3) is 10.4 Å². The van der Waals surface area contributed by atoms with Crippen molar-refractivity contribution in [2.45, 2.75) is 18.4 Å². The average Bonchev–Trinajstić information content (AvgIpc) is 3.13. The highest BCUT2D eigenvalue weighted by Gasteiger charge is 2.53. The van der Waals surface area contributed by atoms with Crippen LogP contribution in [0.4, 0.5) is 5.69 Å². The van der Waals surface area contributed by atoms with E-state index in [-0.39, 0.29) is 11.5 Å². The van der Waals surface area contributed by atoms with Crippen molar-refractivity contribution in [1.82, 2.24) is 5.32 Å². The van der Waals surface area contributed by atoms with Gasteiger partial charge in [-0.05, 0) is 67.0 Å². The van der Waals surface area contributed by atoms with E-state index in [2.05, 4.69) is 20.7 Å². The Kier molecular flexibility index (Phi) is 6.01. The number of aromatic hydroxyl groups is 2. The van der Waals surface area contributed by atoms with E-state index in [0.717, 1.165) is 12.8 Å². The Morgan fingerprint density at radius 1 is 1.00 bits per heavy atom. The van der Waals surface area contributed by atoms with Gasteiger partial charge in [-0.2, -0.15) is 0 Å². The van der Waals surface area contributed by atoms with Gasteiger partial charge in [0.15, 0.2) is 10.7 Å². The van der Waals surface area contributed by atoms with E-state index in [4.69, 9.17) is 27.2 Å². The summed E-state index contributed by atoms with van der Waals surface area (Å²) in [5.74, 6) is 0.111. The number of carbonyl (C=O) groups is 1. The fraction of sp³-hybridized carbons (Fsp3) is 0.200. The molecule has 0 aromatic heterocycles. The summed E-state index contributed by atoms with van der Waals surface area (Å²) in [6.45, 7) is 1.04. The van der Waals surface area contributed by atoms with Crippen molar-refractivity contribution in [3.63, 3.8) is 0 Å². The summed E-state index contributed by atoms with van der Waals surface area (Å²) < 4.78 is 12.0. The molecule has 0 amide bonds. The summed E-state index contributed by atoms with van der Waals surface area (Å²) in [7, 11) is 0. The number of hydrogen-bond donors (Lipinski definition) is 4. The van der Waals surface area contributed by atoms with Crippen LogP contribution in [0.3, 0.4) is 0 Å². The summed E-state index contributed by atoms with van der Waals surface area (Å²) >= 11 is 5.36. The summed E-state index contributed by atoms with van der Waals surface area (Å²) in [6, 6.07) is 14.5. The molecular weight excluding hydrogens is 482 g/mol. The molecule has 2 aliphatic rings. The summed E-state index contributed by atoms with van der Waals surface area (Å²) in [5, 5.41) is 30.1. The lowest BCUT2D eigenvalue weighted by atomic mass is 9.77. The van der Waals surface area contributed by atoms with Gasteiger partial charge in [0.05, 0.1) is 5.56 Å². The number of phenolic OH excluding ortho intramolecular Hbond substituents is 2. The van der Waals surface area contributed by atoms with Gasteiger partial charge in [-0.15, -0.1) is 0 Å². The molecule has 4 N–H and O–H groups in total. The quantitative estimate of drug-likeness (QED) is 0.0912. The van der Waals surface area contributed by atoms with E-state index in [9.17, 15) is 15.0 Å². The molecule has 0 unspecified atom stereocenters. The summed E-state index contributed by atoms with van der Waals surface area (Å²) in [4.78, 5) is 15.9. The number of phenols is 2. The largest absolute Gasteiger partial charge is 0.508 e. The fourth-order valence-electron chi connectivity index (χ4n) is 4.51. The predicted octanol–water partition coefficient (Wildman–Crippen LogP) is 5.04. The Hall–Kier alpha value is -4.47. The van der Waals surface area contributed by atoms with Gasteiger partial charge in [-0.25, -0.2) is 4.79 Å². The first-order chi connectivity index (χ1) is 17.4. The highest BCUT2D eigenvalue weighted by Crippen LogP contribution is 2.57. The van der Waals surface area contributed by atoms with E-state index in [1.807, 2.05) is 0 Å². The Morgan fingerprint density at radius 2 is 1.67 bits per heavy atom. The molecule has 10 nitrogen and oxygen atoms in total. The van der Waals surface area contributed by atoms with Crippen LogP contribution in [0.1, 0.15) is 39.9 Å². The van der Waals surface area contributed by atoms with Crippen LogP contribution in [-0.2, 0) is 10.3 Å². The van der Waals surface area contributed by atoms with Crippen LogP contribution in [0, 0.1) is 0 Å². The number of nitrogens with one attached hydrogen (secondary N) is 2. The monoisotopic (exact) mass is 503 g/mol. The number of anilines is 1. The number of benzene rings is 3. The van der Waals surface area contributed by atoms with Crippen LogP contribution >= 0.6 is 12.2 Å². The molecule has 2 heterocycles. The summed E-state index contributed by atoms with van der Waals surface area (Å²) in [6.07, 6.45) is 1.53. The maximum Gasteiger partial charge on any atom is 0.340 e. The maximum absolute atomic E-state index is 13.2. The highest BCUT2D eigenvalue weighted by atomic mass is 32.1. The minimum atomic E-state index is -1.31. The molecule has 2 aliphatic heterocycles. The third-order valence-electron chi connectivity index (χ3n) is 6.07. The number of fused-ring (bicyclic) bond motifs is 6. The number of unbranched alkanes of at least 4 members (excludes halogenated alkanes) is 1. The minimum Gasteiger partial charge on any atom is -0.508 e. The average molecular weight is 504 g/mol. The van der Waals surface area contributed by atoms with Crippen molar-refractivity contribution in [3.05, 3.63) is 87.3 Å². The van der Waals surface area contributed by atoms with Gasteiger partial charge in [-0.1, -0.05) is 11.2 Å². The highest BCUT2D eigenvalue weighted by molar-refractivity contribution is 7.80. The van der Waals surface area contributed by atoms with Crippen LogP contribution < -0.4 is 15.4 Å². The van der Waals surface area contributed by atoms with Crippen LogP contribution in [-0.4, -0.2) is 34.4 Å². The Balaban J connectivity index is 1.46. The predicted molar refractivity (Wildman–Crippen MR) is 135 cm³/mol. The van der Waals surface area contributed by atoms with Crippen molar-refractivity contribution in [2.75, 3.05) is 18.4 Å². The molecule has 11 heteroatoms. The van der Waals surface area contributed by atoms with Crippen LogP contribution in [0.2, 0.25) is 0 Å². The number of azide groups is 1. The lowest BCUT2D eigenvalue weighted by molar-refractivity contribution is 0.0224. The van der Waals surface area contributed by atoms with Crippen molar-refractivity contribution >= 4 is 29.0 Å². The normalized spacial score (nSPS) is 13.9. The van der Waals surface area contributed by atoms with E-state index in [1.54, 1.807) is 30.3 Å². The molecule has 3 aromatic carbocycles. The Bertz CT molecular complexity index is 1380. The maximum atomic E-state index is 13.2. The lowest BCUT2D eigenvalue weighted by Crippen LogP contribution is -2.33. The third kappa shape index (κ3) is 4.00. The molecule has 0 fully saturated rings. The van der Waals surface area contributed by atoms with Crippen molar-refractivity contribution in [2.24, 2.45) is 5.11 Å². The van der Waals surface area contributed by atoms with E-state index >= 15 is 0 Å². The van der Waals surface area contributed by atoms with E-state index in [1.165, 1.54) is 24.3 Å². The van der Waals surface area contributed by atoms with Gasteiger partial charge in [0.25, 0.3) is 0 Å². The van der Waals surface area contributed by atoms with Gasteiger partial charge in [-0.3, -0.25) is 0 Å². The van der Waals surface area contributed by atoms with E-state index in [0.29, 0.717) is 57.6 Å². The molecule has 0 bridgehead atoms. The molecule has 182 valence electrons. The molecule has 3 aromatic rings. The first-order valence-corrected chi connectivity index (χ1v) is 11.6. The molecule has 0 aliphatic carbocycles. The number of rotatable bonds is 6. The second-order valence-electron chi connectivity index (χ2n) is 8.34. The zero-order chi connectivity index (χ0) is 25.3. The Morgan fingerprint density at radius 3 is 2.33 bits per heavy atom. The smallest absolute Gasteiger partial charge is 0.340 e. The standard InChI is InChI=1S/C25H21N5O5S/c26-30-28-10-2-1-9-27-24(36)29-14-3-6-18-17(11-14)23(33)35-25(18)19-7-4-15(31)12-21(19)34-22-13-16(32)5-8-20(22)25/h3-8,11-13,31-32H,1-2,9-10H2,(H2,27,29,36). The molecular formula is C25H21N5O5S. The number of hydrogen-bond acceptors (Lipinski definition) is 7. The number of thiocarbonyl (C=S) groups is 1. The summed E-state index contributed by atoms with van der Waals surface area (Å²) in [5.41, 5.74) is 9.70. The first-order valence-electron chi connectivity index (χ1n) is 11.2. The van der Waals surface area contributed by atoms with Gasteiger partial charge in [0.2, 0.25) is 0 Å². The number of esters is 1. The van der Waals surface area contributed by atoms with E-state index < -0.39 is 11.6 Å². The van der Waals surface area contributed by atoms with Crippen molar-refractivity contribution in [1.29, 1.82) is 0 Å². The number of ether oxygens (including phenoxy) is 2. The topological polar surface area (TPSA) is 149 Å². The molecule has 36 heavy (non-hydrogen) atoms. The van der Waals surface area contributed by atoms with Gasteiger partial charge < -0.3 is 30.3 Å². The van der Waals surface area contributed by atoms with Crippen molar-refractivity contribution < 1.29 is 24.5 Å². The zero-order valence-corrected chi connectivity index (χ0v) is 19.7. The molecule has 1 spiro atoms. The number of nitrogens with zero attached hydrogens (tertiary/aromatic N) is 3. The first kappa shape index (κ1) is 23.3. The molecule has 0 radical (unpaired) electrons. The second-order valence-corrected chi connectivity index (χ2v) is 8.74. The SMILES string of the molecule is [N-]=[N+]=NCCCCNC(=S)Nc1ccc2c(c1)C(=O)OC21c2ccc(O)cc2Oc2cc(O)ccc21. The molecule has 5 rings (SSSR count). The molecule has 0 saturated carbocycles. The third-order valence-corrected chi connectivity index (χ3v) is 6.31. The lowest BCUT2D eigenvalue weighted by Gasteiger charge is -2.36. The van der Waals surface area contributed by atoms with Gasteiger partial charge >= 0.3 is 5.97 Å². The number of carbonyl (C=O) groups excluding carboxylic acids is 1. The van der Waals surface area contributed by atoms with Gasteiger partial charge in [0, 0.05) is 52.5 Å². The zero-order valence-electron chi connectivity index (χ0n) is 18.9. The molecule has 0 atom stereocenters. The van der Waals surface area contributed by atoms with Gasteiger partial charge in [0.1, 0.15) is 23.0 Å². The van der Waals surface area contributed by atoms with Crippen molar-refractivity contribution in [3.8, 4) is 23.0 Å². The Labute approximate surface area is 211 Å².